The number of carbonyl (C=O) groups is 2. The summed E-state index contributed by atoms with van der Waals surface area (Å²) in [6.07, 6.45) is -3.07. The molecular weight excluding hydrogens is 650 g/mol. The largest absolute Gasteiger partial charge is 0.416 e. The van der Waals surface area contributed by atoms with Gasteiger partial charge in [-0.2, -0.15) is 13.2 Å². The second-order valence-corrected chi connectivity index (χ2v) is 12.9. The van der Waals surface area contributed by atoms with E-state index in [9.17, 15) is 22.8 Å². The maximum Gasteiger partial charge on any atom is 0.416 e. The molecule has 0 bridgehead atoms. The van der Waals surface area contributed by atoms with Crippen LogP contribution >= 0.6 is 19.9 Å². The number of anilines is 1. The van der Waals surface area contributed by atoms with Gasteiger partial charge in [0.1, 0.15) is 5.69 Å². The van der Waals surface area contributed by atoms with E-state index in [-0.39, 0.29) is 17.7 Å². The molecule has 3 aromatic carbocycles. The van der Waals surface area contributed by atoms with Crippen molar-refractivity contribution in [2.45, 2.75) is 45.4 Å². The Kier molecular flexibility index (Phi) is 11.8. The number of amides is 2. The molecule has 1 aliphatic heterocycles. The summed E-state index contributed by atoms with van der Waals surface area (Å²) in [5, 5.41) is 5.48. The third kappa shape index (κ3) is 9.03. The lowest BCUT2D eigenvalue weighted by molar-refractivity contribution is -0.137. The first-order valence-corrected chi connectivity index (χ1v) is 17.2. The Bertz CT molecular complexity index is 1640. The van der Waals surface area contributed by atoms with Crippen LogP contribution in [0.5, 0.6) is 0 Å². The van der Waals surface area contributed by atoms with E-state index in [1.54, 1.807) is 46.7 Å². The molecule has 8 nitrogen and oxygen atoms in total. The van der Waals surface area contributed by atoms with Gasteiger partial charge in [-0.25, -0.2) is 4.98 Å². The number of alkyl halides is 3. The van der Waals surface area contributed by atoms with Crippen LogP contribution in [0, 0.1) is 0 Å². The summed E-state index contributed by atoms with van der Waals surface area (Å²) >= 11 is 1.43. The molecule has 4 aromatic rings. The maximum absolute atomic E-state index is 13.5. The number of nitrogens with one attached hydrogen (secondary N) is 1. The summed E-state index contributed by atoms with van der Waals surface area (Å²) in [4.78, 5) is 32.9. The first-order chi connectivity index (χ1) is 22.7. The Morgan fingerprint density at radius 2 is 1.60 bits per heavy atom. The topological polar surface area (TPSA) is 90.0 Å². The molecule has 1 fully saturated rings. The molecule has 2 amide bonds. The maximum atomic E-state index is 13.5. The average molecular weight is 686 g/mol. The number of benzene rings is 3. The van der Waals surface area contributed by atoms with Crippen LogP contribution in [0.25, 0.3) is 11.1 Å². The minimum atomic E-state index is -4.43. The Balaban J connectivity index is 1.14. The fraction of sp³-hybridized carbons (Fsp3) is 0.324. The van der Waals surface area contributed by atoms with Gasteiger partial charge in [-0.15, -0.1) is 11.3 Å². The molecule has 13 heteroatoms. The number of aromatic nitrogens is 1. The van der Waals surface area contributed by atoms with Crippen LogP contribution in [-0.4, -0.2) is 48.0 Å². The Hall–Kier alpha value is -3.67. The van der Waals surface area contributed by atoms with Crippen LogP contribution in [0.4, 0.5) is 18.9 Å². The fourth-order valence-electron chi connectivity index (χ4n) is 5.17. The van der Waals surface area contributed by atoms with Crippen molar-refractivity contribution < 1.29 is 36.3 Å². The van der Waals surface area contributed by atoms with Crippen molar-refractivity contribution in [1.29, 1.82) is 0 Å². The van der Waals surface area contributed by atoms with Crippen LogP contribution in [0.3, 0.4) is 0 Å². The first-order valence-electron chi connectivity index (χ1n) is 15.3. The van der Waals surface area contributed by atoms with Gasteiger partial charge in [-0.3, -0.25) is 9.59 Å². The quantitative estimate of drug-likeness (QED) is 0.150. The highest BCUT2D eigenvalue weighted by Gasteiger charge is 2.31. The lowest BCUT2D eigenvalue weighted by Crippen LogP contribution is -2.38. The fourth-order valence-corrected chi connectivity index (χ4v) is 7.04. The van der Waals surface area contributed by atoms with E-state index in [1.165, 1.54) is 23.5 Å². The van der Waals surface area contributed by atoms with Gasteiger partial charge < -0.3 is 23.8 Å². The molecule has 1 aromatic heterocycles. The monoisotopic (exact) mass is 685 g/mol. The van der Waals surface area contributed by atoms with Crippen molar-refractivity contribution in [2.75, 3.05) is 31.6 Å². The normalized spacial score (nSPS) is 14.0. The number of piperidine rings is 1. The highest BCUT2D eigenvalue weighted by molar-refractivity contribution is 7.41. The van der Waals surface area contributed by atoms with Crippen LogP contribution in [0.2, 0.25) is 0 Å². The predicted octanol–water partition coefficient (Wildman–Crippen LogP) is 8.92. The van der Waals surface area contributed by atoms with Crippen LogP contribution in [0.15, 0.2) is 78.2 Å². The van der Waals surface area contributed by atoms with Crippen LogP contribution in [-0.2, 0) is 26.4 Å². The summed E-state index contributed by atoms with van der Waals surface area (Å²) in [7, 11) is -1.40. The molecule has 1 saturated heterocycles. The van der Waals surface area contributed by atoms with Crippen LogP contribution < -0.4 is 5.32 Å². The SMILES string of the molecule is CCOP(OCC)OCc1ccc(NC(=O)c2csc(C3CCN(C(=O)c4ccccc4-c4ccc(C(F)(F)F)cc4)CC3)n2)cc1. The second-order valence-electron chi connectivity index (χ2n) is 10.7. The molecule has 0 saturated carbocycles. The van der Waals surface area contributed by atoms with Crippen molar-refractivity contribution in [3.05, 3.63) is 106 Å². The third-order valence-corrected chi connectivity index (χ3v) is 9.87. The Labute approximate surface area is 276 Å². The highest BCUT2D eigenvalue weighted by Crippen LogP contribution is 2.40. The van der Waals surface area contributed by atoms with Crippen molar-refractivity contribution in [3.63, 3.8) is 0 Å². The zero-order valence-electron chi connectivity index (χ0n) is 26.0. The van der Waals surface area contributed by atoms with E-state index in [0.717, 1.165) is 22.7 Å². The molecule has 0 spiro atoms. The van der Waals surface area contributed by atoms with E-state index in [2.05, 4.69) is 10.3 Å². The van der Waals surface area contributed by atoms with Gasteiger partial charge in [0.15, 0.2) is 0 Å². The molecule has 0 radical (unpaired) electrons. The number of rotatable bonds is 12. The standard InChI is InChI=1S/C34H35F3N3O5PS/c1-3-43-46(44-4-2)45-21-23-9-15-27(16-10-23)38-31(41)30-22-47-32(39-30)25-17-19-40(20-18-25)33(42)29-8-6-5-7-28(29)24-11-13-26(14-12-24)34(35,36)37/h5-16,22,25H,3-4,17-21H2,1-2H3,(H,38,41). The van der Waals surface area contributed by atoms with Gasteiger partial charge in [0.25, 0.3) is 11.8 Å². The van der Waals surface area contributed by atoms with Crippen molar-refractivity contribution in [3.8, 4) is 11.1 Å². The number of likely N-dealkylation sites (tertiary alicyclic amines) is 1. The third-order valence-electron chi connectivity index (χ3n) is 7.58. The number of carbonyl (C=O) groups excluding carboxylic acids is 2. The van der Waals surface area contributed by atoms with E-state index < -0.39 is 20.3 Å². The molecule has 0 unspecified atom stereocenters. The lowest BCUT2D eigenvalue weighted by Gasteiger charge is -2.31. The second kappa shape index (κ2) is 16.0. The van der Waals surface area contributed by atoms with E-state index in [4.69, 9.17) is 13.6 Å². The summed E-state index contributed by atoms with van der Waals surface area (Å²) in [5.74, 6) is -0.366. The van der Waals surface area contributed by atoms with Crippen molar-refractivity contribution in [2.24, 2.45) is 0 Å². The molecule has 0 aliphatic carbocycles. The smallest absolute Gasteiger partial charge is 0.339 e. The number of thiazole rings is 1. The van der Waals surface area contributed by atoms with Gasteiger partial charge in [0.05, 0.1) is 30.4 Å². The molecule has 5 rings (SSSR count). The molecule has 1 aliphatic rings. The Morgan fingerprint density at radius 3 is 2.23 bits per heavy atom. The average Bonchev–Trinajstić information content (AvgIpc) is 3.58. The summed E-state index contributed by atoms with van der Waals surface area (Å²) in [6.45, 7) is 6.09. The molecule has 0 atom stereocenters. The number of halogens is 3. The van der Waals surface area contributed by atoms with Gasteiger partial charge in [0.2, 0.25) is 0 Å². The molecular formula is C34H35F3N3O5PS. The number of nitrogens with zero attached hydrogens (tertiary/aromatic N) is 2. The van der Waals surface area contributed by atoms with Gasteiger partial charge >= 0.3 is 14.8 Å². The lowest BCUT2D eigenvalue weighted by atomic mass is 9.94. The molecule has 1 N–H and O–H groups in total. The van der Waals surface area contributed by atoms with Gasteiger partial charge in [-0.05, 0) is 73.7 Å². The highest BCUT2D eigenvalue weighted by atomic mass is 32.1. The number of hydrogen-bond donors (Lipinski definition) is 1. The summed E-state index contributed by atoms with van der Waals surface area (Å²) in [6, 6.07) is 19.1. The van der Waals surface area contributed by atoms with Gasteiger partial charge in [-0.1, -0.05) is 42.5 Å². The molecule has 248 valence electrons. The number of hydrogen-bond acceptors (Lipinski definition) is 7. The zero-order chi connectivity index (χ0) is 33.4. The Morgan fingerprint density at radius 1 is 0.936 bits per heavy atom. The van der Waals surface area contributed by atoms with Gasteiger partial charge in [0, 0.05) is 35.6 Å². The molecule has 47 heavy (non-hydrogen) atoms. The molecule has 2 heterocycles. The minimum Gasteiger partial charge on any atom is -0.339 e. The summed E-state index contributed by atoms with van der Waals surface area (Å²) in [5.41, 5.74) is 2.73. The zero-order valence-corrected chi connectivity index (χ0v) is 27.7. The minimum absolute atomic E-state index is 0.105. The van der Waals surface area contributed by atoms with Crippen molar-refractivity contribution in [1.82, 2.24) is 9.88 Å². The first kappa shape index (κ1) is 34.7. The van der Waals surface area contributed by atoms with E-state index in [0.29, 0.717) is 73.8 Å². The van der Waals surface area contributed by atoms with Crippen LogP contribution in [0.1, 0.15) is 69.6 Å². The predicted molar refractivity (Wildman–Crippen MR) is 176 cm³/mol. The summed E-state index contributed by atoms with van der Waals surface area (Å²) < 4.78 is 55.8. The van der Waals surface area contributed by atoms with E-state index in [1.807, 2.05) is 26.0 Å². The van der Waals surface area contributed by atoms with Crippen molar-refractivity contribution >= 4 is 37.4 Å². The van der Waals surface area contributed by atoms with E-state index >= 15 is 0 Å².